The second kappa shape index (κ2) is 5.43. The van der Waals surface area contributed by atoms with E-state index >= 15 is 0 Å². The van der Waals surface area contributed by atoms with Crippen molar-refractivity contribution in [3.63, 3.8) is 0 Å². The number of sulfone groups is 1. The highest BCUT2D eigenvalue weighted by molar-refractivity contribution is 8.06. The molecule has 2 N–H and O–H groups in total. The van der Waals surface area contributed by atoms with E-state index in [2.05, 4.69) is 10.3 Å². The molecule has 3 aromatic rings. The number of benzene rings is 3. The lowest BCUT2D eigenvalue weighted by molar-refractivity contribution is 0.257. The van der Waals surface area contributed by atoms with Crippen molar-refractivity contribution in [1.82, 2.24) is 0 Å². The minimum absolute atomic E-state index is 0.245. The molecule has 0 bridgehead atoms. The van der Waals surface area contributed by atoms with Gasteiger partial charge in [0.05, 0.1) is 11.4 Å². The lowest BCUT2D eigenvalue weighted by Gasteiger charge is -2.21. The van der Waals surface area contributed by atoms with Gasteiger partial charge in [0.1, 0.15) is 0 Å². The van der Waals surface area contributed by atoms with Gasteiger partial charge in [0.2, 0.25) is 15.0 Å². The summed E-state index contributed by atoms with van der Waals surface area (Å²) in [7, 11) is -4.06. The van der Waals surface area contributed by atoms with Crippen molar-refractivity contribution in [1.29, 1.82) is 0 Å². The van der Waals surface area contributed by atoms with Gasteiger partial charge in [-0.25, -0.2) is 13.4 Å². The Morgan fingerprint density at radius 3 is 2.38 bits per heavy atom. The van der Waals surface area contributed by atoms with E-state index in [4.69, 9.17) is 0 Å². The number of rotatable bonds is 2. The Balaban J connectivity index is 1.83. The zero-order valence-electron chi connectivity index (χ0n) is 12.5. The van der Waals surface area contributed by atoms with Crippen LogP contribution in [0.25, 0.3) is 10.8 Å². The number of anilines is 1. The Morgan fingerprint density at radius 1 is 0.917 bits per heavy atom. The van der Waals surface area contributed by atoms with Crippen LogP contribution >= 0.6 is 0 Å². The van der Waals surface area contributed by atoms with Gasteiger partial charge in [-0.2, -0.15) is 0 Å². The molecule has 0 aromatic heterocycles. The third-order valence-corrected chi connectivity index (χ3v) is 5.59. The highest BCUT2D eigenvalue weighted by Gasteiger charge is 2.33. The number of aliphatic hydroxyl groups excluding tert-OH is 1. The van der Waals surface area contributed by atoms with Crippen LogP contribution in [0, 0.1) is 0 Å². The maximum absolute atomic E-state index is 12.8. The number of nitrogens with zero attached hydrogens (tertiary/aromatic N) is 1. The van der Waals surface area contributed by atoms with Gasteiger partial charge < -0.3 is 10.4 Å². The van der Waals surface area contributed by atoms with E-state index in [0.717, 1.165) is 10.8 Å². The smallest absolute Gasteiger partial charge is 0.242 e. The predicted molar refractivity (Wildman–Crippen MR) is 95.0 cm³/mol. The van der Waals surface area contributed by atoms with E-state index in [1.165, 1.54) is 0 Å². The molecular formula is C18H14N2O3S. The minimum atomic E-state index is -4.06. The summed E-state index contributed by atoms with van der Waals surface area (Å²) in [5.41, 5.74) is -0.133. The van der Waals surface area contributed by atoms with Crippen molar-refractivity contribution in [3.05, 3.63) is 72.3 Å². The van der Waals surface area contributed by atoms with E-state index in [1.54, 1.807) is 42.5 Å². The molecule has 1 unspecified atom stereocenters. The van der Waals surface area contributed by atoms with E-state index in [0.29, 0.717) is 16.9 Å². The van der Waals surface area contributed by atoms with Crippen molar-refractivity contribution in [2.45, 2.75) is 5.44 Å². The predicted octanol–water partition coefficient (Wildman–Crippen LogP) is 3.36. The first kappa shape index (κ1) is 14.9. The third kappa shape index (κ3) is 2.28. The molecule has 0 amide bonds. The second-order valence-electron chi connectivity index (χ2n) is 5.53. The molecule has 1 heterocycles. The highest BCUT2D eigenvalue weighted by Crippen LogP contribution is 2.37. The monoisotopic (exact) mass is 338 g/mol. The standard InChI is InChI=1S/C18H14N2O3S/c21-17(13-6-2-1-3-7-13)24(22,23)18-19-14-10-4-8-12-9-5-11-15(20-18)16(12)14/h1-11,17,21H,(H,19,20). The summed E-state index contributed by atoms with van der Waals surface area (Å²) in [5, 5.41) is 14.8. The molecule has 1 aliphatic heterocycles. The van der Waals surface area contributed by atoms with Crippen LogP contribution < -0.4 is 5.32 Å². The molecule has 0 spiro atoms. The fraction of sp³-hybridized carbons (Fsp3) is 0.0556. The molecule has 120 valence electrons. The summed E-state index contributed by atoms with van der Waals surface area (Å²) in [4.78, 5) is 4.24. The largest absolute Gasteiger partial charge is 0.373 e. The van der Waals surface area contributed by atoms with E-state index in [9.17, 15) is 13.5 Å². The Kier molecular flexibility index (Phi) is 3.37. The van der Waals surface area contributed by atoms with Gasteiger partial charge in [-0.1, -0.05) is 54.6 Å². The van der Waals surface area contributed by atoms with Gasteiger partial charge in [0, 0.05) is 5.39 Å². The van der Waals surface area contributed by atoms with Crippen LogP contribution in [0.15, 0.2) is 71.7 Å². The van der Waals surface area contributed by atoms with Crippen LogP contribution in [-0.4, -0.2) is 18.7 Å². The van der Waals surface area contributed by atoms with Crippen molar-refractivity contribution in [2.24, 2.45) is 4.99 Å². The number of hydrogen-bond donors (Lipinski definition) is 2. The SMILES string of the molecule is O=S(=O)(C1=Nc2cccc3cccc(c23)N1)C(O)c1ccccc1. The first-order chi connectivity index (χ1) is 11.6. The van der Waals surface area contributed by atoms with Crippen LogP contribution in [-0.2, 0) is 9.84 Å². The number of hydrogen-bond acceptors (Lipinski definition) is 5. The molecule has 3 aromatic carbocycles. The fourth-order valence-corrected chi connectivity index (χ4v) is 4.01. The molecule has 0 fully saturated rings. The summed E-state index contributed by atoms with van der Waals surface area (Å²) in [6, 6.07) is 19.4. The van der Waals surface area contributed by atoms with Crippen molar-refractivity contribution < 1.29 is 13.5 Å². The van der Waals surface area contributed by atoms with E-state index in [1.807, 2.05) is 24.3 Å². The minimum Gasteiger partial charge on any atom is -0.373 e. The van der Waals surface area contributed by atoms with Crippen LogP contribution in [0.3, 0.4) is 0 Å². The average Bonchev–Trinajstić information content (AvgIpc) is 2.62. The van der Waals surface area contributed by atoms with Gasteiger partial charge in [0.25, 0.3) is 0 Å². The molecular weight excluding hydrogens is 324 g/mol. The highest BCUT2D eigenvalue weighted by atomic mass is 32.2. The maximum Gasteiger partial charge on any atom is 0.242 e. The van der Waals surface area contributed by atoms with Gasteiger partial charge in [-0.05, 0) is 23.1 Å². The van der Waals surface area contributed by atoms with Crippen molar-refractivity contribution in [3.8, 4) is 0 Å². The molecule has 0 saturated carbocycles. The lowest BCUT2D eigenvalue weighted by atomic mass is 10.1. The number of amidine groups is 1. The van der Waals surface area contributed by atoms with Crippen LogP contribution in [0.4, 0.5) is 11.4 Å². The third-order valence-electron chi connectivity index (χ3n) is 3.99. The zero-order chi connectivity index (χ0) is 16.7. The second-order valence-corrected chi connectivity index (χ2v) is 7.45. The molecule has 24 heavy (non-hydrogen) atoms. The number of nitrogens with one attached hydrogen (secondary N) is 1. The topological polar surface area (TPSA) is 78.8 Å². The normalized spacial score (nSPS) is 14.8. The van der Waals surface area contributed by atoms with Crippen LogP contribution in [0.2, 0.25) is 0 Å². The average molecular weight is 338 g/mol. The van der Waals surface area contributed by atoms with Gasteiger partial charge in [-0.15, -0.1) is 0 Å². The Bertz CT molecular complexity index is 1050. The maximum atomic E-state index is 12.8. The summed E-state index contributed by atoms with van der Waals surface area (Å²) >= 11 is 0. The zero-order valence-corrected chi connectivity index (χ0v) is 13.4. The summed E-state index contributed by atoms with van der Waals surface area (Å²) < 4.78 is 25.5. The number of aliphatic imine (C=N–C) groups is 1. The van der Waals surface area contributed by atoms with Gasteiger partial charge in [-0.3, -0.25) is 0 Å². The van der Waals surface area contributed by atoms with Crippen molar-refractivity contribution >= 4 is 37.2 Å². The first-order valence-electron chi connectivity index (χ1n) is 7.42. The van der Waals surface area contributed by atoms with E-state index in [-0.39, 0.29) is 5.17 Å². The van der Waals surface area contributed by atoms with Gasteiger partial charge >= 0.3 is 0 Å². The molecule has 6 heteroatoms. The first-order valence-corrected chi connectivity index (χ1v) is 8.96. The summed E-state index contributed by atoms with van der Waals surface area (Å²) in [6.45, 7) is 0. The summed E-state index contributed by atoms with van der Waals surface area (Å²) in [6.07, 6.45) is 0. The number of aliphatic hydroxyl groups is 1. The molecule has 0 aliphatic carbocycles. The molecule has 4 rings (SSSR count). The lowest BCUT2D eigenvalue weighted by Crippen LogP contribution is -2.29. The molecule has 0 saturated heterocycles. The van der Waals surface area contributed by atoms with E-state index < -0.39 is 15.3 Å². The summed E-state index contributed by atoms with van der Waals surface area (Å²) in [5.74, 6) is 0. The van der Waals surface area contributed by atoms with Crippen LogP contribution in [0.1, 0.15) is 11.0 Å². The molecule has 0 radical (unpaired) electrons. The quantitative estimate of drug-likeness (QED) is 0.751. The van der Waals surface area contributed by atoms with Crippen LogP contribution in [0.5, 0.6) is 0 Å². The molecule has 1 atom stereocenters. The molecule has 1 aliphatic rings. The Hall–Kier alpha value is -2.70. The van der Waals surface area contributed by atoms with Crippen molar-refractivity contribution in [2.75, 3.05) is 5.32 Å². The van der Waals surface area contributed by atoms with Gasteiger partial charge in [0.15, 0.2) is 5.44 Å². The Labute approximate surface area is 139 Å². The Morgan fingerprint density at radius 2 is 1.62 bits per heavy atom. The molecule has 5 nitrogen and oxygen atoms in total. The fourth-order valence-electron chi connectivity index (χ4n) is 2.81.